The molecule has 152 valence electrons. The topological polar surface area (TPSA) is 68.4 Å². The van der Waals surface area contributed by atoms with Crippen molar-refractivity contribution in [3.8, 4) is 0 Å². The molecule has 0 saturated carbocycles. The van der Waals surface area contributed by atoms with E-state index in [0.717, 1.165) is 5.56 Å². The summed E-state index contributed by atoms with van der Waals surface area (Å²) in [5, 5.41) is 3.94. The van der Waals surface area contributed by atoms with Crippen LogP contribution in [0.4, 0.5) is 5.69 Å². The van der Waals surface area contributed by atoms with Gasteiger partial charge in [0.2, 0.25) is 5.78 Å². The molecule has 7 heteroatoms. The van der Waals surface area contributed by atoms with Crippen LogP contribution >= 0.6 is 11.6 Å². The fourth-order valence-electron chi connectivity index (χ4n) is 3.60. The molecule has 31 heavy (non-hydrogen) atoms. The van der Waals surface area contributed by atoms with Crippen LogP contribution in [0.5, 0.6) is 0 Å². The van der Waals surface area contributed by atoms with E-state index in [1.165, 1.54) is 0 Å². The van der Waals surface area contributed by atoms with Crippen molar-refractivity contribution in [3.63, 3.8) is 0 Å². The van der Waals surface area contributed by atoms with E-state index in [9.17, 15) is 9.59 Å². The van der Waals surface area contributed by atoms with Crippen LogP contribution in [-0.4, -0.2) is 19.9 Å². The van der Waals surface area contributed by atoms with Crippen LogP contribution in [-0.2, 0) is 6.54 Å². The Morgan fingerprint density at radius 1 is 0.935 bits per heavy atom. The van der Waals surface area contributed by atoms with Gasteiger partial charge in [0, 0.05) is 16.9 Å². The first kappa shape index (κ1) is 19.1. The largest absolute Gasteiger partial charge is 0.321 e. The molecule has 0 aliphatic rings. The predicted molar refractivity (Wildman–Crippen MR) is 122 cm³/mol. The summed E-state index contributed by atoms with van der Waals surface area (Å²) in [6, 6.07) is 23.8. The molecule has 5 aromatic rings. The average Bonchev–Trinajstić information content (AvgIpc) is 3.24. The third-order valence-electron chi connectivity index (χ3n) is 5.12. The number of carbonyl (C=O) groups is 1. The zero-order valence-electron chi connectivity index (χ0n) is 16.3. The molecular formula is C24H17ClN4O2. The first-order valence-corrected chi connectivity index (χ1v) is 10.1. The van der Waals surface area contributed by atoms with Gasteiger partial charge in [-0.05, 0) is 35.9 Å². The quantitative estimate of drug-likeness (QED) is 0.454. The number of imidazole rings is 1. The number of rotatable bonds is 4. The number of anilines is 1. The van der Waals surface area contributed by atoms with Crippen molar-refractivity contribution < 1.29 is 4.79 Å². The molecule has 1 N–H and O–H groups in total. The summed E-state index contributed by atoms with van der Waals surface area (Å²) in [5.41, 5.74) is 2.17. The van der Waals surface area contributed by atoms with E-state index >= 15 is 0 Å². The van der Waals surface area contributed by atoms with Crippen molar-refractivity contribution in [2.45, 2.75) is 6.54 Å². The Hall–Kier alpha value is -3.90. The highest BCUT2D eigenvalue weighted by Gasteiger charge is 2.18. The fraction of sp³-hybridized carbons (Fsp3) is 0.0417. The van der Waals surface area contributed by atoms with Crippen LogP contribution in [0.2, 0.25) is 5.02 Å². The second-order valence-electron chi connectivity index (χ2n) is 7.12. The summed E-state index contributed by atoms with van der Waals surface area (Å²) in [6.07, 6.45) is 1.65. The van der Waals surface area contributed by atoms with Gasteiger partial charge in [-0.1, -0.05) is 60.1 Å². The van der Waals surface area contributed by atoms with E-state index in [1.54, 1.807) is 39.4 Å². The SMILES string of the molecule is O=C(Nc1ccccc1)c1cn2c3ccccc3c(=O)n(Cc3ccccc3Cl)c2n1. The highest BCUT2D eigenvalue weighted by Crippen LogP contribution is 2.20. The third-order valence-corrected chi connectivity index (χ3v) is 5.49. The minimum atomic E-state index is -0.351. The Kier molecular flexibility index (Phi) is 4.76. The fourth-order valence-corrected chi connectivity index (χ4v) is 3.80. The van der Waals surface area contributed by atoms with Crippen molar-refractivity contribution >= 4 is 39.9 Å². The van der Waals surface area contributed by atoms with Crippen molar-refractivity contribution in [1.29, 1.82) is 0 Å². The van der Waals surface area contributed by atoms with Gasteiger partial charge in [-0.3, -0.25) is 18.6 Å². The van der Waals surface area contributed by atoms with Gasteiger partial charge in [-0.2, -0.15) is 0 Å². The molecule has 0 aliphatic heterocycles. The molecule has 2 aromatic heterocycles. The minimum absolute atomic E-state index is 0.191. The molecule has 0 atom stereocenters. The smallest absolute Gasteiger partial charge is 0.275 e. The van der Waals surface area contributed by atoms with Crippen LogP contribution in [0, 0.1) is 0 Å². The summed E-state index contributed by atoms with van der Waals surface area (Å²) >= 11 is 6.34. The third kappa shape index (κ3) is 3.47. The minimum Gasteiger partial charge on any atom is -0.321 e. The molecule has 0 unspecified atom stereocenters. The van der Waals surface area contributed by atoms with Gasteiger partial charge >= 0.3 is 0 Å². The molecule has 0 spiro atoms. The Morgan fingerprint density at radius 2 is 1.65 bits per heavy atom. The standard InChI is InChI=1S/C24H17ClN4O2/c25-19-12-6-4-8-16(19)14-29-23(31)18-11-5-7-13-21(18)28-15-20(27-24(28)29)22(30)26-17-9-2-1-3-10-17/h1-13,15H,14H2,(H,26,30). The molecule has 3 aromatic carbocycles. The molecule has 0 radical (unpaired) electrons. The van der Waals surface area contributed by atoms with Crippen LogP contribution in [0.25, 0.3) is 16.7 Å². The van der Waals surface area contributed by atoms with E-state index in [1.807, 2.05) is 54.6 Å². The molecule has 0 fully saturated rings. The lowest BCUT2D eigenvalue weighted by atomic mass is 10.2. The van der Waals surface area contributed by atoms with Gasteiger partial charge < -0.3 is 5.32 Å². The van der Waals surface area contributed by atoms with Gasteiger partial charge in [0.1, 0.15) is 5.69 Å². The number of nitrogens with zero attached hydrogens (tertiary/aromatic N) is 3. The molecule has 0 aliphatic carbocycles. The Balaban J connectivity index is 1.68. The Bertz CT molecular complexity index is 1490. The number of para-hydroxylation sites is 2. The number of benzene rings is 3. The van der Waals surface area contributed by atoms with Gasteiger partial charge in [-0.15, -0.1) is 0 Å². The zero-order chi connectivity index (χ0) is 21.4. The second kappa shape index (κ2) is 7.74. The van der Waals surface area contributed by atoms with Crippen LogP contribution < -0.4 is 10.9 Å². The molecule has 6 nitrogen and oxygen atoms in total. The zero-order valence-corrected chi connectivity index (χ0v) is 17.1. The molecule has 0 bridgehead atoms. The molecular weight excluding hydrogens is 412 g/mol. The highest BCUT2D eigenvalue weighted by molar-refractivity contribution is 6.31. The van der Waals surface area contributed by atoms with Crippen molar-refractivity contribution in [2.24, 2.45) is 0 Å². The maximum atomic E-state index is 13.3. The molecule has 1 amide bonds. The lowest BCUT2D eigenvalue weighted by Gasteiger charge is -2.11. The van der Waals surface area contributed by atoms with E-state index in [2.05, 4.69) is 10.3 Å². The van der Waals surface area contributed by atoms with Crippen LogP contribution in [0.3, 0.4) is 0 Å². The first-order valence-electron chi connectivity index (χ1n) is 9.72. The first-order chi connectivity index (χ1) is 15.1. The number of hydrogen-bond acceptors (Lipinski definition) is 3. The second-order valence-corrected chi connectivity index (χ2v) is 7.52. The summed E-state index contributed by atoms with van der Waals surface area (Å²) in [4.78, 5) is 30.6. The Morgan fingerprint density at radius 3 is 2.45 bits per heavy atom. The lowest BCUT2D eigenvalue weighted by Crippen LogP contribution is -2.24. The summed E-state index contributed by atoms with van der Waals surface area (Å²) in [7, 11) is 0. The maximum absolute atomic E-state index is 13.3. The number of aromatic nitrogens is 3. The predicted octanol–water partition coefficient (Wildman–Crippen LogP) is 4.60. The van der Waals surface area contributed by atoms with E-state index in [-0.39, 0.29) is 23.7 Å². The van der Waals surface area contributed by atoms with Crippen LogP contribution in [0.15, 0.2) is 89.9 Å². The van der Waals surface area contributed by atoms with Gasteiger partial charge in [0.15, 0.2) is 0 Å². The highest BCUT2D eigenvalue weighted by atomic mass is 35.5. The van der Waals surface area contributed by atoms with Crippen molar-refractivity contribution in [3.05, 3.63) is 112 Å². The van der Waals surface area contributed by atoms with E-state index in [0.29, 0.717) is 27.4 Å². The van der Waals surface area contributed by atoms with E-state index < -0.39 is 0 Å². The number of carbonyl (C=O) groups excluding carboxylic acids is 1. The summed E-state index contributed by atoms with van der Waals surface area (Å²) in [5.74, 6) is 0.0255. The normalized spacial score (nSPS) is 11.1. The van der Waals surface area contributed by atoms with Gasteiger partial charge in [0.25, 0.3) is 11.5 Å². The Labute approximate surface area is 182 Å². The maximum Gasteiger partial charge on any atom is 0.275 e. The summed E-state index contributed by atoms with van der Waals surface area (Å²) in [6.45, 7) is 0.240. The number of amides is 1. The average molecular weight is 429 g/mol. The monoisotopic (exact) mass is 428 g/mol. The number of fused-ring (bicyclic) bond motifs is 3. The number of halogens is 1. The lowest BCUT2D eigenvalue weighted by molar-refractivity contribution is 0.102. The molecule has 5 rings (SSSR count). The number of nitrogens with one attached hydrogen (secondary N) is 1. The van der Waals surface area contributed by atoms with Crippen molar-refractivity contribution in [1.82, 2.24) is 14.0 Å². The molecule has 0 saturated heterocycles. The summed E-state index contributed by atoms with van der Waals surface area (Å²) < 4.78 is 3.32. The van der Waals surface area contributed by atoms with Gasteiger partial charge in [0.05, 0.1) is 17.4 Å². The molecule has 2 heterocycles. The number of hydrogen-bond donors (Lipinski definition) is 1. The van der Waals surface area contributed by atoms with Gasteiger partial charge in [-0.25, -0.2) is 4.98 Å². The van der Waals surface area contributed by atoms with Crippen molar-refractivity contribution in [2.75, 3.05) is 5.32 Å². The van der Waals surface area contributed by atoms with E-state index in [4.69, 9.17) is 11.6 Å². The van der Waals surface area contributed by atoms with Crippen LogP contribution in [0.1, 0.15) is 16.1 Å².